The van der Waals surface area contributed by atoms with Crippen LogP contribution in [-0.4, -0.2) is 47.9 Å². The molecular formula is C16H18F3N3O2. The number of rotatable bonds is 2. The number of nitrogens with zero attached hydrogens (tertiary/aromatic N) is 2. The van der Waals surface area contributed by atoms with Crippen molar-refractivity contribution in [1.82, 2.24) is 9.80 Å². The first-order valence-electron chi connectivity index (χ1n) is 7.86. The smallest absolute Gasteiger partial charge is 0.339 e. The number of hydrogen-bond acceptors (Lipinski definition) is 2. The van der Waals surface area contributed by atoms with Crippen molar-refractivity contribution in [3.8, 4) is 0 Å². The average Bonchev–Trinajstić information content (AvgIpc) is 3.39. The molecule has 2 fully saturated rings. The number of nitrogens with one attached hydrogen (secondary N) is 1. The van der Waals surface area contributed by atoms with E-state index in [-0.39, 0.29) is 17.5 Å². The van der Waals surface area contributed by atoms with Crippen LogP contribution in [-0.2, 0) is 11.0 Å². The Labute approximate surface area is 137 Å². The van der Waals surface area contributed by atoms with E-state index in [1.165, 1.54) is 17.0 Å². The third-order valence-electron chi connectivity index (χ3n) is 4.25. The monoisotopic (exact) mass is 341 g/mol. The topological polar surface area (TPSA) is 52.7 Å². The van der Waals surface area contributed by atoms with E-state index in [1.54, 1.807) is 4.90 Å². The van der Waals surface area contributed by atoms with Gasteiger partial charge in [-0.15, -0.1) is 0 Å². The second-order valence-electron chi connectivity index (χ2n) is 6.10. The molecule has 0 aromatic heterocycles. The summed E-state index contributed by atoms with van der Waals surface area (Å²) in [5.74, 6) is 0.295. The van der Waals surface area contributed by atoms with E-state index in [0.29, 0.717) is 26.2 Å². The van der Waals surface area contributed by atoms with Crippen molar-refractivity contribution in [2.24, 2.45) is 5.92 Å². The van der Waals surface area contributed by atoms with Gasteiger partial charge in [0.15, 0.2) is 0 Å². The van der Waals surface area contributed by atoms with Crippen molar-refractivity contribution in [3.63, 3.8) is 0 Å². The van der Waals surface area contributed by atoms with Gasteiger partial charge in [-0.3, -0.25) is 4.79 Å². The molecule has 1 saturated carbocycles. The summed E-state index contributed by atoms with van der Waals surface area (Å²) in [6.45, 7) is 1.68. The molecule has 2 aliphatic rings. The summed E-state index contributed by atoms with van der Waals surface area (Å²) in [4.78, 5) is 27.4. The molecule has 130 valence electrons. The maximum absolute atomic E-state index is 12.7. The molecule has 1 aliphatic carbocycles. The molecule has 0 bridgehead atoms. The molecule has 1 saturated heterocycles. The minimum absolute atomic E-state index is 0.103. The van der Waals surface area contributed by atoms with Crippen molar-refractivity contribution >= 4 is 17.6 Å². The summed E-state index contributed by atoms with van der Waals surface area (Å²) in [6.07, 6.45) is -2.57. The zero-order valence-electron chi connectivity index (χ0n) is 13.0. The third-order valence-corrected chi connectivity index (χ3v) is 4.25. The first-order valence-corrected chi connectivity index (χ1v) is 7.86. The molecule has 0 radical (unpaired) electrons. The zero-order valence-corrected chi connectivity index (χ0v) is 13.0. The quantitative estimate of drug-likeness (QED) is 0.899. The number of amides is 3. The molecule has 0 spiro atoms. The van der Waals surface area contributed by atoms with Crippen molar-refractivity contribution in [3.05, 3.63) is 29.8 Å². The fraction of sp³-hybridized carbons (Fsp3) is 0.500. The van der Waals surface area contributed by atoms with Gasteiger partial charge in [-0.25, -0.2) is 4.79 Å². The summed E-state index contributed by atoms with van der Waals surface area (Å²) in [7, 11) is 0. The lowest BCUT2D eigenvalue weighted by atomic mass is 10.2. The average molecular weight is 341 g/mol. The predicted octanol–water partition coefficient (Wildman–Crippen LogP) is 2.79. The lowest BCUT2D eigenvalue weighted by Gasteiger charge is -2.34. The molecule has 8 heteroatoms. The maximum atomic E-state index is 12.7. The highest BCUT2D eigenvalue weighted by Crippen LogP contribution is 2.32. The van der Waals surface area contributed by atoms with Crippen LogP contribution in [0.1, 0.15) is 18.4 Å². The van der Waals surface area contributed by atoms with Crippen LogP contribution in [0.2, 0.25) is 0 Å². The van der Waals surface area contributed by atoms with E-state index in [0.717, 1.165) is 25.0 Å². The largest absolute Gasteiger partial charge is 0.416 e. The van der Waals surface area contributed by atoms with Crippen LogP contribution >= 0.6 is 0 Å². The maximum Gasteiger partial charge on any atom is 0.416 e. The minimum atomic E-state index is -4.45. The van der Waals surface area contributed by atoms with Crippen LogP contribution in [0.5, 0.6) is 0 Å². The molecule has 1 aliphatic heterocycles. The van der Waals surface area contributed by atoms with Crippen molar-refractivity contribution in [1.29, 1.82) is 0 Å². The highest BCUT2D eigenvalue weighted by molar-refractivity contribution is 5.89. The number of carbonyl (C=O) groups is 2. The van der Waals surface area contributed by atoms with Crippen molar-refractivity contribution in [2.75, 3.05) is 31.5 Å². The Bertz CT molecular complexity index is 636. The number of benzene rings is 1. The lowest BCUT2D eigenvalue weighted by molar-refractivity contribution is -0.137. The van der Waals surface area contributed by atoms with E-state index in [2.05, 4.69) is 5.32 Å². The number of urea groups is 1. The Hall–Kier alpha value is -2.25. The van der Waals surface area contributed by atoms with Gasteiger partial charge in [0.2, 0.25) is 5.91 Å². The second-order valence-corrected chi connectivity index (χ2v) is 6.10. The molecule has 0 atom stereocenters. The number of carbonyl (C=O) groups excluding carboxylic acids is 2. The highest BCUT2D eigenvalue weighted by atomic mass is 19.4. The fourth-order valence-corrected chi connectivity index (χ4v) is 2.69. The molecule has 0 unspecified atom stereocenters. The highest BCUT2D eigenvalue weighted by Gasteiger charge is 2.35. The Morgan fingerprint density at radius 2 is 1.67 bits per heavy atom. The standard InChI is InChI=1S/C16H18F3N3O2/c17-16(18,19)12-2-1-3-13(10-12)20-15(24)22-8-6-21(7-9-22)14(23)11-4-5-11/h1-3,10-11H,4-9H2,(H,20,24). The number of alkyl halides is 3. The molecule has 1 aromatic carbocycles. The number of hydrogen-bond donors (Lipinski definition) is 1. The van der Waals surface area contributed by atoms with Gasteiger partial charge in [-0.2, -0.15) is 13.2 Å². The summed E-state index contributed by atoms with van der Waals surface area (Å²) in [5, 5.41) is 2.49. The Morgan fingerprint density at radius 3 is 2.25 bits per heavy atom. The third kappa shape index (κ3) is 3.80. The van der Waals surface area contributed by atoms with Gasteiger partial charge >= 0.3 is 12.2 Å². The molecular weight excluding hydrogens is 323 g/mol. The first-order chi connectivity index (χ1) is 11.3. The SMILES string of the molecule is O=C(Nc1cccc(C(F)(F)F)c1)N1CCN(C(=O)C2CC2)CC1. The number of halogens is 3. The molecule has 24 heavy (non-hydrogen) atoms. The van der Waals surface area contributed by atoms with Gasteiger partial charge in [0.05, 0.1) is 5.56 Å². The molecule has 3 amide bonds. The normalized spacial score (nSPS) is 18.5. The fourth-order valence-electron chi connectivity index (χ4n) is 2.69. The van der Waals surface area contributed by atoms with Crippen LogP contribution in [0, 0.1) is 5.92 Å². The molecule has 1 aromatic rings. The van der Waals surface area contributed by atoms with E-state index < -0.39 is 17.8 Å². The van der Waals surface area contributed by atoms with Gasteiger partial charge in [0.1, 0.15) is 0 Å². The van der Waals surface area contributed by atoms with Crippen LogP contribution in [0.15, 0.2) is 24.3 Å². The zero-order chi connectivity index (χ0) is 17.3. The molecule has 5 nitrogen and oxygen atoms in total. The Balaban J connectivity index is 1.55. The minimum Gasteiger partial charge on any atom is -0.339 e. The number of anilines is 1. The van der Waals surface area contributed by atoms with Gasteiger partial charge < -0.3 is 15.1 Å². The molecule has 1 N–H and O–H groups in total. The van der Waals surface area contributed by atoms with Crippen LogP contribution in [0.3, 0.4) is 0 Å². The van der Waals surface area contributed by atoms with Crippen molar-refractivity contribution < 1.29 is 22.8 Å². The van der Waals surface area contributed by atoms with Gasteiger partial charge in [-0.1, -0.05) is 6.07 Å². The van der Waals surface area contributed by atoms with Gasteiger partial charge in [-0.05, 0) is 31.0 Å². The van der Waals surface area contributed by atoms with Crippen LogP contribution < -0.4 is 5.32 Å². The van der Waals surface area contributed by atoms with E-state index >= 15 is 0 Å². The van der Waals surface area contributed by atoms with Crippen LogP contribution in [0.4, 0.5) is 23.7 Å². The molecule has 3 rings (SSSR count). The predicted molar refractivity (Wildman–Crippen MR) is 81.3 cm³/mol. The number of piperazine rings is 1. The van der Waals surface area contributed by atoms with Gasteiger partial charge in [0.25, 0.3) is 0 Å². The van der Waals surface area contributed by atoms with E-state index in [1.807, 2.05) is 0 Å². The summed E-state index contributed by atoms with van der Waals surface area (Å²) in [5.41, 5.74) is -0.702. The van der Waals surface area contributed by atoms with E-state index in [9.17, 15) is 22.8 Å². The van der Waals surface area contributed by atoms with Gasteiger partial charge in [0, 0.05) is 37.8 Å². The summed E-state index contributed by atoms with van der Waals surface area (Å²) in [6, 6.07) is 4.08. The van der Waals surface area contributed by atoms with Crippen LogP contribution in [0.25, 0.3) is 0 Å². The Morgan fingerprint density at radius 1 is 1.04 bits per heavy atom. The lowest BCUT2D eigenvalue weighted by Crippen LogP contribution is -2.52. The Kier molecular flexibility index (Phi) is 4.38. The summed E-state index contributed by atoms with van der Waals surface area (Å²) < 4.78 is 38.1. The first kappa shape index (κ1) is 16.6. The van der Waals surface area contributed by atoms with E-state index in [4.69, 9.17) is 0 Å². The van der Waals surface area contributed by atoms with Crippen molar-refractivity contribution in [2.45, 2.75) is 19.0 Å². The second kappa shape index (κ2) is 6.33. The summed E-state index contributed by atoms with van der Waals surface area (Å²) >= 11 is 0. The molecule has 1 heterocycles.